The van der Waals surface area contributed by atoms with E-state index in [9.17, 15) is 9.59 Å². The molecule has 0 fully saturated rings. The molecule has 82 valence electrons. The third-order valence-electron chi connectivity index (χ3n) is 1.73. The first-order chi connectivity index (χ1) is 6.49. The quantitative estimate of drug-likeness (QED) is 0.571. The molecule has 0 spiro atoms. The van der Waals surface area contributed by atoms with Gasteiger partial charge in [-0.1, -0.05) is 0 Å². The summed E-state index contributed by atoms with van der Waals surface area (Å²) in [6.07, 6.45) is 2.30. The van der Waals surface area contributed by atoms with Crippen LogP contribution >= 0.6 is 11.8 Å². The molecular weight excluding hydrogens is 206 g/mol. The molecule has 2 atom stereocenters. The van der Waals surface area contributed by atoms with Crippen LogP contribution in [0.5, 0.6) is 0 Å². The van der Waals surface area contributed by atoms with Crippen LogP contribution in [0.4, 0.5) is 0 Å². The summed E-state index contributed by atoms with van der Waals surface area (Å²) in [5, 5.41) is 19.9. The minimum atomic E-state index is -1.04. The van der Waals surface area contributed by atoms with Crippen molar-refractivity contribution < 1.29 is 19.8 Å². The van der Waals surface area contributed by atoms with E-state index < -0.39 is 24.0 Å². The van der Waals surface area contributed by atoms with E-state index in [4.69, 9.17) is 10.2 Å². The highest BCUT2D eigenvalue weighted by Gasteiger charge is 2.21. The monoisotopic (exact) mass is 221 g/mol. The summed E-state index contributed by atoms with van der Waals surface area (Å²) in [7, 11) is 0. The molecule has 0 aromatic carbocycles. The van der Waals surface area contributed by atoms with E-state index in [1.807, 2.05) is 6.26 Å². The lowest BCUT2D eigenvalue weighted by Gasteiger charge is -2.16. The SMILES string of the molecule is CSCC[C@@H](NC(C)C(=O)O)C(=O)O. The van der Waals surface area contributed by atoms with E-state index in [-0.39, 0.29) is 0 Å². The van der Waals surface area contributed by atoms with Crippen LogP contribution < -0.4 is 5.32 Å². The molecule has 0 amide bonds. The molecule has 5 nitrogen and oxygen atoms in total. The summed E-state index contributed by atoms with van der Waals surface area (Å²) in [5.41, 5.74) is 0. The lowest BCUT2D eigenvalue weighted by Crippen LogP contribution is -2.45. The average molecular weight is 221 g/mol. The van der Waals surface area contributed by atoms with Crippen LogP contribution in [0.2, 0.25) is 0 Å². The Morgan fingerprint density at radius 1 is 1.36 bits per heavy atom. The number of thioether (sulfide) groups is 1. The van der Waals surface area contributed by atoms with Gasteiger partial charge in [0, 0.05) is 0 Å². The van der Waals surface area contributed by atoms with E-state index in [0.29, 0.717) is 12.2 Å². The standard InChI is InChI=1S/C8H15NO4S/c1-5(7(10)11)9-6(8(12)13)3-4-14-2/h5-6,9H,3-4H2,1-2H3,(H,10,11)(H,12,13)/t5?,6-/m1/s1. The number of hydrogen-bond donors (Lipinski definition) is 3. The molecule has 0 aliphatic carbocycles. The maximum Gasteiger partial charge on any atom is 0.320 e. The molecule has 0 radical (unpaired) electrons. The fourth-order valence-electron chi connectivity index (χ4n) is 0.887. The Labute approximate surface area is 86.9 Å². The number of aliphatic carboxylic acids is 2. The van der Waals surface area contributed by atoms with Gasteiger partial charge in [-0.3, -0.25) is 14.9 Å². The van der Waals surface area contributed by atoms with Crippen molar-refractivity contribution in [2.45, 2.75) is 25.4 Å². The van der Waals surface area contributed by atoms with Gasteiger partial charge in [-0.2, -0.15) is 11.8 Å². The van der Waals surface area contributed by atoms with Gasteiger partial charge >= 0.3 is 11.9 Å². The molecule has 0 rings (SSSR count). The predicted octanol–water partition coefficient (Wildman–Crippen LogP) is 0.255. The number of nitrogens with one attached hydrogen (secondary N) is 1. The maximum atomic E-state index is 10.7. The lowest BCUT2D eigenvalue weighted by atomic mass is 10.2. The third-order valence-corrected chi connectivity index (χ3v) is 2.37. The third kappa shape index (κ3) is 5.08. The van der Waals surface area contributed by atoms with Gasteiger partial charge < -0.3 is 10.2 Å². The first kappa shape index (κ1) is 13.2. The minimum absolute atomic E-state index is 0.425. The number of carboxylic acids is 2. The molecule has 0 aromatic rings. The number of rotatable bonds is 7. The Morgan fingerprint density at radius 2 is 1.93 bits per heavy atom. The van der Waals surface area contributed by atoms with Crippen LogP contribution in [-0.2, 0) is 9.59 Å². The highest BCUT2D eigenvalue weighted by molar-refractivity contribution is 7.98. The summed E-state index contributed by atoms with van der Waals surface area (Å²) in [6, 6.07) is -1.62. The fraction of sp³-hybridized carbons (Fsp3) is 0.750. The summed E-state index contributed by atoms with van der Waals surface area (Å²) >= 11 is 1.53. The zero-order valence-electron chi connectivity index (χ0n) is 8.19. The highest BCUT2D eigenvalue weighted by Crippen LogP contribution is 2.02. The van der Waals surface area contributed by atoms with Gasteiger partial charge in [0.2, 0.25) is 0 Å². The van der Waals surface area contributed by atoms with Gasteiger partial charge in [0.25, 0.3) is 0 Å². The second kappa shape index (κ2) is 6.67. The summed E-state index contributed by atoms with van der Waals surface area (Å²) in [6.45, 7) is 1.43. The van der Waals surface area contributed by atoms with E-state index in [1.165, 1.54) is 18.7 Å². The van der Waals surface area contributed by atoms with E-state index >= 15 is 0 Å². The Hall–Kier alpha value is -0.750. The molecule has 6 heteroatoms. The Balaban J connectivity index is 4.08. The largest absolute Gasteiger partial charge is 0.480 e. The van der Waals surface area contributed by atoms with E-state index in [1.54, 1.807) is 0 Å². The summed E-state index contributed by atoms with van der Waals surface area (Å²) < 4.78 is 0. The number of carbonyl (C=O) groups is 2. The van der Waals surface area contributed by atoms with Crippen molar-refractivity contribution in [2.75, 3.05) is 12.0 Å². The lowest BCUT2D eigenvalue weighted by molar-refractivity contribution is -0.142. The van der Waals surface area contributed by atoms with Crippen LogP contribution in [0.25, 0.3) is 0 Å². The fourth-order valence-corrected chi connectivity index (χ4v) is 1.36. The first-order valence-electron chi connectivity index (χ1n) is 4.19. The van der Waals surface area contributed by atoms with Crippen LogP contribution in [0.15, 0.2) is 0 Å². The average Bonchev–Trinajstić information content (AvgIpc) is 2.10. The molecule has 3 N–H and O–H groups in total. The van der Waals surface area contributed by atoms with Crippen LogP contribution in [0.1, 0.15) is 13.3 Å². The summed E-state index contributed by atoms with van der Waals surface area (Å²) in [5.74, 6) is -1.36. The number of carboxylic acid groups (broad SMARTS) is 2. The highest BCUT2D eigenvalue weighted by atomic mass is 32.2. The summed E-state index contributed by atoms with van der Waals surface area (Å²) in [4.78, 5) is 21.2. The molecule has 14 heavy (non-hydrogen) atoms. The van der Waals surface area contributed by atoms with Crippen LogP contribution in [0.3, 0.4) is 0 Å². The molecule has 0 saturated heterocycles. The Bertz CT molecular complexity index is 210. The van der Waals surface area contributed by atoms with Gasteiger partial charge in [0.05, 0.1) is 0 Å². The maximum absolute atomic E-state index is 10.7. The van der Waals surface area contributed by atoms with Crippen molar-refractivity contribution in [3.63, 3.8) is 0 Å². The zero-order chi connectivity index (χ0) is 11.1. The Kier molecular flexibility index (Phi) is 6.31. The Morgan fingerprint density at radius 3 is 2.29 bits per heavy atom. The molecule has 0 heterocycles. The molecule has 1 unspecified atom stereocenters. The van der Waals surface area contributed by atoms with Crippen molar-refractivity contribution in [1.82, 2.24) is 5.32 Å². The van der Waals surface area contributed by atoms with E-state index in [2.05, 4.69) is 5.32 Å². The second-order valence-corrected chi connectivity index (χ2v) is 3.88. The van der Waals surface area contributed by atoms with E-state index in [0.717, 1.165) is 0 Å². The normalized spacial score (nSPS) is 14.7. The minimum Gasteiger partial charge on any atom is -0.480 e. The zero-order valence-corrected chi connectivity index (χ0v) is 9.00. The van der Waals surface area contributed by atoms with Crippen LogP contribution in [-0.4, -0.2) is 46.2 Å². The molecular formula is C8H15NO4S. The molecule has 0 aliphatic rings. The predicted molar refractivity (Wildman–Crippen MR) is 54.7 cm³/mol. The van der Waals surface area contributed by atoms with Crippen molar-refractivity contribution in [2.24, 2.45) is 0 Å². The van der Waals surface area contributed by atoms with Crippen molar-refractivity contribution >= 4 is 23.7 Å². The topological polar surface area (TPSA) is 86.6 Å². The molecule has 0 saturated carbocycles. The van der Waals surface area contributed by atoms with Crippen molar-refractivity contribution in [3.05, 3.63) is 0 Å². The van der Waals surface area contributed by atoms with Crippen LogP contribution in [0, 0.1) is 0 Å². The molecule has 0 aromatic heterocycles. The first-order valence-corrected chi connectivity index (χ1v) is 5.59. The second-order valence-electron chi connectivity index (χ2n) is 2.90. The molecule has 0 aliphatic heterocycles. The van der Waals surface area contributed by atoms with Gasteiger partial charge in [0.15, 0.2) is 0 Å². The van der Waals surface area contributed by atoms with Gasteiger partial charge in [0.1, 0.15) is 12.1 Å². The van der Waals surface area contributed by atoms with Gasteiger partial charge in [-0.25, -0.2) is 0 Å². The van der Waals surface area contributed by atoms with Gasteiger partial charge in [-0.05, 0) is 25.4 Å². The van der Waals surface area contributed by atoms with Crippen molar-refractivity contribution in [1.29, 1.82) is 0 Å². The smallest absolute Gasteiger partial charge is 0.320 e. The van der Waals surface area contributed by atoms with Crippen molar-refractivity contribution in [3.8, 4) is 0 Å². The van der Waals surface area contributed by atoms with Gasteiger partial charge in [-0.15, -0.1) is 0 Å². The number of hydrogen-bond acceptors (Lipinski definition) is 4. The molecule has 0 bridgehead atoms.